The number of para-hydroxylation sites is 1. The van der Waals surface area contributed by atoms with Gasteiger partial charge in [-0.2, -0.15) is 0 Å². The van der Waals surface area contributed by atoms with Crippen LogP contribution in [0.15, 0.2) is 72.9 Å². The average Bonchev–Trinajstić information content (AvgIpc) is 2.77. The van der Waals surface area contributed by atoms with Crippen LogP contribution in [0.1, 0.15) is 32.7 Å². The summed E-state index contributed by atoms with van der Waals surface area (Å²) in [5, 5.41) is 5.99. The van der Waals surface area contributed by atoms with Gasteiger partial charge in [0.2, 0.25) is 0 Å². The van der Waals surface area contributed by atoms with Gasteiger partial charge in [-0.25, -0.2) is 9.78 Å². The second kappa shape index (κ2) is 10.0. The van der Waals surface area contributed by atoms with Crippen LogP contribution in [-0.2, 0) is 11.2 Å². The van der Waals surface area contributed by atoms with E-state index in [-0.39, 0.29) is 5.91 Å². The van der Waals surface area contributed by atoms with Gasteiger partial charge < -0.3 is 15.4 Å². The second-order valence-electron chi connectivity index (χ2n) is 6.44. The van der Waals surface area contributed by atoms with Crippen LogP contribution in [0.2, 0.25) is 0 Å². The van der Waals surface area contributed by atoms with Crippen molar-refractivity contribution in [1.82, 2.24) is 10.3 Å². The van der Waals surface area contributed by atoms with Crippen molar-refractivity contribution in [1.29, 1.82) is 0 Å². The van der Waals surface area contributed by atoms with Crippen molar-refractivity contribution >= 4 is 23.4 Å². The van der Waals surface area contributed by atoms with Gasteiger partial charge in [0, 0.05) is 12.7 Å². The number of aryl methyl sites for hydroxylation is 1. The van der Waals surface area contributed by atoms with Gasteiger partial charge in [0.15, 0.2) is 0 Å². The molecule has 1 heterocycles. The molecular weight excluding hydrogens is 366 g/mol. The van der Waals surface area contributed by atoms with Gasteiger partial charge in [-0.3, -0.25) is 4.79 Å². The number of nitrogens with zero attached hydrogens (tertiary/aromatic N) is 1. The van der Waals surface area contributed by atoms with Crippen molar-refractivity contribution in [2.75, 3.05) is 19.0 Å². The largest absolute Gasteiger partial charge is 0.465 e. The molecule has 0 fully saturated rings. The molecule has 0 aliphatic rings. The zero-order valence-corrected chi connectivity index (χ0v) is 16.2. The first-order valence-electron chi connectivity index (χ1n) is 9.40. The van der Waals surface area contributed by atoms with E-state index in [2.05, 4.69) is 27.8 Å². The van der Waals surface area contributed by atoms with E-state index >= 15 is 0 Å². The van der Waals surface area contributed by atoms with Gasteiger partial charge in [0.25, 0.3) is 5.91 Å². The summed E-state index contributed by atoms with van der Waals surface area (Å²) in [5.41, 5.74) is 2.74. The number of aromatic nitrogens is 1. The van der Waals surface area contributed by atoms with Crippen molar-refractivity contribution in [3.05, 3.63) is 89.6 Å². The Morgan fingerprint density at radius 2 is 1.72 bits per heavy atom. The Balaban J connectivity index is 1.53. The summed E-state index contributed by atoms with van der Waals surface area (Å²) in [6, 6.07) is 20.6. The van der Waals surface area contributed by atoms with Gasteiger partial charge in [-0.05, 0) is 42.7 Å². The fourth-order valence-electron chi connectivity index (χ4n) is 2.86. The highest BCUT2D eigenvalue weighted by molar-refractivity contribution is 5.96. The van der Waals surface area contributed by atoms with E-state index in [9.17, 15) is 9.59 Å². The molecule has 148 valence electrons. The predicted octanol–water partition coefficient (Wildman–Crippen LogP) is 3.97. The Hall–Kier alpha value is -3.67. The molecule has 2 N–H and O–H groups in total. The minimum absolute atomic E-state index is 0.160. The lowest BCUT2D eigenvalue weighted by Gasteiger charge is -2.10. The highest BCUT2D eigenvalue weighted by Gasteiger charge is 2.12. The number of esters is 1. The lowest BCUT2D eigenvalue weighted by molar-refractivity contribution is 0.0601. The standard InChI is InChI=1S/C23H23N3O3/c1-29-23(28)19-11-5-6-12-20(19)26-21-14-13-18(16-25-21)22(27)24-15-7-10-17-8-3-2-4-9-17/h2-6,8-9,11-14,16H,7,10,15H2,1H3,(H,24,27)(H,25,26). The Morgan fingerprint density at radius 1 is 0.966 bits per heavy atom. The Labute approximate surface area is 169 Å². The molecule has 0 atom stereocenters. The fraction of sp³-hybridized carbons (Fsp3) is 0.174. The van der Waals surface area contributed by atoms with E-state index < -0.39 is 5.97 Å². The van der Waals surface area contributed by atoms with Crippen molar-refractivity contribution < 1.29 is 14.3 Å². The number of benzene rings is 2. The number of rotatable bonds is 8. The molecule has 0 bridgehead atoms. The van der Waals surface area contributed by atoms with Crippen LogP contribution >= 0.6 is 0 Å². The molecule has 0 aliphatic carbocycles. The number of ether oxygens (including phenoxy) is 1. The quantitative estimate of drug-likeness (QED) is 0.450. The lowest BCUT2D eigenvalue weighted by atomic mass is 10.1. The Kier molecular flexibility index (Phi) is 6.95. The predicted molar refractivity (Wildman–Crippen MR) is 112 cm³/mol. The molecule has 1 aromatic heterocycles. The van der Waals surface area contributed by atoms with Crippen molar-refractivity contribution in [2.45, 2.75) is 12.8 Å². The van der Waals surface area contributed by atoms with Gasteiger partial charge in [0.05, 0.1) is 23.9 Å². The first kappa shape index (κ1) is 20.1. The van der Waals surface area contributed by atoms with Gasteiger partial charge in [-0.15, -0.1) is 0 Å². The topological polar surface area (TPSA) is 80.3 Å². The minimum atomic E-state index is -0.431. The number of amides is 1. The number of anilines is 2. The van der Waals surface area contributed by atoms with Gasteiger partial charge in [0.1, 0.15) is 5.82 Å². The zero-order chi connectivity index (χ0) is 20.5. The lowest BCUT2D eigenvalue weighted by Crippen LogP contribution is -2.24. The highest BCUT2D eigenvalue weighted by atomic mass is 16.5. The van der Waals surface area contributed by atoms with Crippen LogP contribution in [0.3, 0.4) is 0 Å². The molecular formula is C23H23N3O3. The summed E-state index contributed by atoms with van der Waals surface area (Å²) < 4.78 is 4.79. The molecule has 3 rings (SSSR count). The number of nitrogens with one attached hydrogen (secondary N) is 2. The number of carbonyl (C=O) groups excluding carboxylic acids is 2. The van der Waals surface area contributed by atoms with E-state index in [1.165, 1.54) is 18.9 Å². The molecule has 0 spiro atoms. The molecule has 0 saturated carbocycles. The van der Waals surface area contributed by atoms with Gasteiger partial charge >= 0.3 is 5.97 Å². The van der Waals surface area contributed by atoms with Crippen LogP contribution < -0.4 is 10.6 Å². The first-order chi connectivity index (χ1) is 14.2. The van der Waals surface area contributed by atoms with E-state index in [1.54, 1.807) is 30.3 Å². The number of pyridine rings is 1. The molecule has 1 amide bonds. The average molecular weight is 389 g/mol. The van der Waals surface area contributed by atoms with Gasteiger partial charge in [-0.1, -0.05) is 42.5 Å². The molecule has 6 heteroatoms. The Bertz CT molecular complexity index is 957. The Morgan fingerprint density at radius 3 is 2.45 bits per heavy atom. The number of carbonyl (C=O) groups is 2. The maximum absolute atomic E-state index is 12.3. The molecule has 3 aromatic rings. The molecule has 0 aliphatic heterocycles. The molecule has 6 nitrogen and oxygen atoms in total. The van der Waals surface area contributed by atoms with E-state index in [4.69, 9.17) is 4.74 Å². The summed E-state index contributed by atoms with van der Waals surface area (Å²) >= 11 is 0. The minimum Gasteiger partial charge on any atom is -0.465 e. The van der Waals surface area contributed by atoms with Crippen molar-refractivity contribution in [2.24, 2.45) is 0 Å². The summed E-state index contributed by atoms with van der Waals surface area (Å²) in [6.07, 6.45) is 3.30. The zero-order valence-electron chi connectivity index (χ0n) is 16.2. The maximum Gasteiger partial charge on any atom is 0.339 e. The summed E-state index contributed by atoms with van der Waals surface area (Å²) in [4.78, 5) is 28.4. The smallest absolute Gasteiger partial charge is 0.339 e. The normalized spacial score (nSPS) is 10.2. The maximum atomic E-state index is 12.3. The molecule has 0 unspecified atom stereocenters. The third-order valence-electron chi connectivity index (χ3n) is 4.39. The van der Waals surface area contributed by atoms with Crippen molar-refractivity contribution in [3.8, 4) is 0 Å². The fourth-order valence-corrected chi connectivity index (χ4v) is 2.86. The monoisotopic (exact) mass is 389 g/mol. The van der Waals surface area contributed by atoms with E-state index in [0.717, 1.165) is 12.8 Å². The first-order valence-corrected chi connectivity index (χ1v) is 9.40. The summed E-state index contributed by atoms with van der Waals surface area (Å²) in [5.74, 6) is -0.0614. The molecule has 0 saturated heterocycles. The van der Waals surface area contributed by atoms with E-state index in [0.29, 0.717) is 29.2 Å². The molecule has 29 heavy (non-hydrogen) atoms. The number of methoxy groups -OCH3 is 1. The van der Waals surface area contributed by atoms with Crippen LogP contribution in [0.25, 0.3) is 0 Å². The number of hydrogen-bond donors (Lipinski definition) is 2. The van der Waals surface area contributed by atoms with Crippen LogP contribution in [0, 0.1) is 0 Å². The molecule has 2 aromatic carbocycles. The van der Waals surface area contributed by atoms with Crippen LogP contribution in [0.4, 0.5) is 11.5 Å². The summed E-state index contributed by atoms with van der Waals surface area (Å²) in [7, 11) is 1.34. The van der Waals surface area contributed by atoms with Crippen LogP contribution in [-0.4, -0.2) is 30.5 Å². The second-order valence-corrected chi connectivity index (χ2v) is 6.44. The number of hydrogen-bond acceptors (Lipinski definition) is 5. The molecule has 0 radical (unpaired) electrons. The van der Waals surface area contributed by atoms with Crippen LogP contribution in [0.5, 0.6) is 0 Å². The van der Waals surface area contributed by atoms with Crippen molar-refractivity contribution in [3.63, 3.8) is 0 Å². The SMILES string of the molecule is COC(=O)c1ccccc1Nc1ccc(C(=O)NCCCc2ccccc2)cn1. The highest BCUT2D eigenvalue weighted by Crippen LogP contribution is 2.20. The third kappa shape index (κ3) is 5.65. The van der Waals surface area contributed by atoms with E-state index in [1.807, 2.05) is 24.3 Å². The third-order valence-corrected chi connectivity index (χ3v) is 4.39. The summed E-state index contributed by atoms with van der Waals surface area (Å²) in [6.45, 7) is 0.597.